The topological polar surface area (TPSA) is 15.6 Å². The fourth-order valence-electron chi connectivity index (χ4n) is 8.10. The molecule has 0 fully saturated rings. The summed E-state index contributed by atoms with van der Waals surface area (Å²) in [5.41, 5.74) is 15.2. The highest BCUT2D eigenvalue weighted by molar-refractivity contribution is 6.35. The number of para-hydroxylation sites is 2. The van der Waals surface area contributed by atoms with Crippen molar-refractivity contribution >= 4 is 55.6 Å². The van der Waals surface area contributed by atoms with Crippen LogP contribution in [0, 0.1) is 0 Å². The number of allylic oxidation sites excluding steroid dienone is 2. The van der Waals surface area contributed by atoms with E-state index in [4.69, 9.17) is 4.99 Å². The molecule has 0 N–H and O–H groups in total. The average Bonchev–Trinajstić information content (AvgIpc) is 3.19. The molecule has 240 valence electrons. The molecule has 8 aromatic rings. The molecule has 51 heavy (non-hydrogen) atoms. The van der Waals surface area contributed by atoms with E-state index in [1.807, 2.05) is 0 Å². The van der Waals surface area contributed by atoms with E-state index in [1.165, 1.54) is 66.3 Å². The van der Waals surface area contributed by atoms with Crippen LogP contribution in [0.5, 0.6) is 0 Å². The Hall–Kier alpha value is -6.51. The number of benzene rings is 8. The van der Waals surface area contributed by atoms with Crippen LogP contribution < -0.4 is 4.90 Å². The SMILES string of the molecule is C1=C(c2ccc(-c3ccccc3)cc2)\C(c2ccccc2N2c3c(ccc4ccccc34)-c3cccc4cccc2c34)=N/c2ccccc2CC/1. The summed E-state index contributed by atoms with van der Waals surface area (Å²) >= 11 is 0. The normalized spacial score (nSPS) is 15.6. The third kappa shape index (κ3) is 4.91. The summed E-state index contributed by atoms with van der Waals surface area (Å²) in [6.07, 6.45) is 4.28. The zero-order chi connectivity index (χ0) is 33.7. The molecule has 0 atom stereocenters. The molecule has 0 saturated carbocycles. The Morgan fingerprint density at radius 2 is 1.12 bits per heavy atom. The van der Waals surface area contributed by atoms with Gasteiger partial charge in [-0.05, 0) is 69.6 Å². The van der Waals surface area contributed by atoms with Gasteiger partial charge in [0.25, 0.3) is 0 Å². The van der Waals surface area contributed by atoms with Crippen LogP contribution in [0.1, 0.15) is 23.1 Å². The Kier molecular flexibility index (Phi) is 6.99. The van der Waals surface area contributed by atoms with Crippen molar-refractivity contribution in [2.24, 2.45) is 4.99 Å². The third-order valence-corrected chi connectivity index (χ3v) is 10.5. The molecule has 2 heteroatoms. The Balaban J connectivity index is 1.23. The van der Waals surface area contributed by atoms with E-state index in [0.717, 1.165) is 41.1 Å². The highest BCUT2D eigenvalue weighted by Gasteiger charge is 2.30. The van der Waals surface area contributed by atoms with Gasteiger partial charge in [-0.3, -0.25) is 0 Å². The van der Waals surface area contributed by atoms with E-state index in [9.17, 15) is 0 Å². The first kappa shape index (κ1) is 29.4. The highest BCUT2D eigenvalue weighted by Crippen LogP contribution is 2.54. The van der Waals surface area contributed by atoms with Crippen molar-refractivity contribution in [3.8, 4) is 22.3 Å². The van der Waals surface area contributed by atoms with E-state index in [0.29, 0.717) is 0 Å². The lowest BCUT2D eigenvalue weighted by Gasteiger charge is -2.36. The molecule has 0 bridgehead atoms. The zero-order valence-electron chi connectivity index (χ0n) is 28.1. The largest absolute Gasteiger partial charge is 0.308 e. The zero-order valence-corrected chi connectivity index (χ0v) is 28.1. The monoisotopic (exact) mass is 650 g/mol. The number of aliphatic imine (C=N–C) groups is 1. The molecule has 8 aromatic carbocycles. The van der Waals surface area contributed by atoms with E-state index in [1.54, 1.807) is 0 Å². The Labute approximate surface area is 298 Å². The first-order chi connectivity index (χ1) is 25.3. The summed E-state index contributed by atoms with van der Waals surface area (Å²) in [7, 11) is 0. The van der Waals surface area contributed by atoms with Gasteiger partial charge in [-0.25, -0.2) is 4.99 Å². The summed E-state index contributed by atoms with van der Waals surface area (Å²) in [5, 5.41) is 4.97. The molecule has 2 aliphatic heterocycles. The molecule has 2 aliphatic rings. The van der Waals surface area contributed by atoms with Gasteiger partial charge in [-0.1, -0.05) is 164 Å². The lowest BCUT2D eigenvalue weighted by molar-refractivity contribution is 0.999. The maximum atomic E-state index is 5.60. The van der Waals surface area contributed by atoms with Crippen molar-refractivity contribution in [2.45, 2.75) is 12.8 Å². The van der Waals surface area contributed by atoms with Gasteiger partial charge < -0.3 is 4.90 Å². The summed E-state index contributed by atoms with van der Waals surface area (Å²) in [4.78, 5) is 8.10. The molecule has 0 saturated heterocycles. The van der Waals surface area contributed by atoms with Gasteiger partial charge >= 0.3 is 0 Å². The minimum atomic E-state index is 0.928. The quantitative estimate of drug-likeness (QED) is 0.185. The maximum Gasteiger partial charge on any atom is 0.0805 e. The second-order valence-electron chi connectivity index (χ2n) is 13.4. The van der Waals surface area contributed by atoms with Crippen molar-refractivity contribution in [1.29, 1.82) is 0 Å². The van der Waals surface area contributed by atoms with Gasteiger partial charge in [-0.15, -0.1) is 0 Å². The van der Waals surface area contributed by atoms with Gasteiger partial charge in [0.1, 0.15) is 0 Å². The second-order valence-corrected chi connectivity index (χ2v) is 13.4. The Morgan fingerprint density at radius 1 is 0.451 bits per heavy atom. The Morgan fingerprint density at radius 3 is 2.02 bits per heavy atom. The van der Waals surface area contributed by atoms with Gasteiger partial charge in [0, 0.05) is 27.5 Å². The van der Waals surface area contributed by atoms with Gasteiger partial charge in [0.2, 0.25) is 0 Å². The van der Waals surface area contributed by atoms with Crippen molar-refractivity contribution in [3.63, 3.8) is 0 Å². The van der Waals surface area contributed by atoms with E-state index < -0.39 is 0 Å². The van der Waals surface area contributed by atoms with Gasteiger partial charge in [0.05, 0.1) is 28.5 Å². The number of hydrogen-bond donors (Lipinski definition) is 0. The van der Waals surface area contributed by atoms with Crippen molar-refractivity contribution in [3.05, 3.63) is 199 Å². The number of nitrogens with zero attached hydrogens (tertiary/aromatic N) is 2. The minimum Gasteiger partial charge on any atom is -0.308 e. The summed E-state index contributed by atoms with van der Waals surface area (Å²) in [6.45, 7) is 0. The molecule has 0 aromatic heterocycles. The van der Waals surface area contributed by atoms with Crippen LogP contribution >= 0.6 is 0 Å². The molecule has 0 unspecified atom stereocenters. The molecular weight excluding hydrogens is 617 g/mol. The van der Waals surface area contributed by atoms with Crippen molar-refractivity contribution in [2.75, 3.05) is 4.90 Å². The molecular formula is C49H34N2. The van der Waals surface area contributed by atoms with Crippen LogP contribution in [0.3, 0.4) is 0 Å². The van der Waals surface area contributed by atoms with Crippen LogP contribution in [0.15, 0.2) is 187 Å². The number of anilines is 3. The number of hydrogen-bond acceptors (Lipinski definition) is 2. The predicted octanol–water partition coefficient (Wildman–Crippen LogP) is 13.3. The predicted molar refractivity (Wildman–Crippen MR) is 216 cm³/mol. The summed E-state index contributed by atoms with van der Waals surface area (Å²) in [5.74, 6) is 0. The molecule has 2 heterocycles. The molecule has 0 spiro atoms. The van der Waals surface area contributed by atoms with Crippen molar-refractivity contribution < 1.29 is 0 Å². The van der Waals surface area contributed by atoms with Crippen LogP contribution in [-0.2, 0) is 6.42 Å². The fourth-order valence-corrected chi connectivity index (χ4v) is 8.10. The van der Waals surface area contributed by atoms with Crippen LogP contribution in [0.2, 0.25) is 0 Å². The molecule has 0 aliphatic carbocycles. The van der Waals surface area contributed by atoms with Crippen LogP contribution in [0.25, 0.3) is 49.4 Å². The number of rotatable bonds is 4. The van der Waals surface area contributed by atoms with E-state index in [-0.39, 0.29) is 0 Å². The van der Waals surface area contributed by atoms with Gasteiger partial charge in [-0.2, -0.15) is 0 Å². The van der Waals surface area contributed by atoms with Crippen LogP contribution in [-0.4, -0.2) is 5.71 Å². The Bertz CT molecular complexity index is 2680. The van der Waals surface area contributed by atoms with E-state index in [2.05, 4.69) is 187 Å². The van der Waals surface area contributed by atoms with E-state index >= 15 is 0 Å². The lowest BCUT2D eigenvalue weighted by atomic mass is 9.87. The van der Waals surface area contributed by atoms with Crippen LogP contribution in [0.4, 0.5) is 22.7 Å². The first-order valence-electron chi connectivity index (χ1n) is 17.8. The number of fused-ring (bicyclic) bond motifs is 5. The third-order valence-electron chi connectivity index (χ3n) is 10.5. The number of aryl methyl sites for hydroxylation is 1. The fraction of sp³-hybridized carbons (Fsp3) is 0.0408. The molecule has 0 amide bonds. The average molecular weight is 651 g/mol. The van der Waals surface area contributed by atoms with Gasteiger partial charge in [0.15, 0.2) is 0 Å². The smallest absolute Gasteiger partial charge is 0.0805 e. The van der Waals surface area contributed by atoms with Crippen molar-refractivity contribution in [1.82, 2.24) is 0 Å². The minimum absolute atomic E-state index is 0.928. The molecule has 10 rings (SSSR count). The summed E-state index contributed by atoms with van der Waals surface area (Å²) in [6, 6.07) is 63.8. The standard InChI is InChI=1S/C49H34N2/c1-2-13-33(14-3-1)34-27-29-36(30-28-34)39-22-10-17-37-16-5-8-24-44(37)50-48(39)43-21-7-9-25-45(43)51-46-26-12-19-38-18-11-23-41(47(38)46)42-32-31-35-15-4-6-20-40(35)49(42)51/h1-9,11-16,18-32H,10,17H2/b39-22-,50-48+. The molecule has 2 nitrogen and oxygen atoms in total. The first-order valence-corrected chi connectivity index (χ1v) is 17.8. The second kappa shape index (κ2) is 12.1. The summed E-state index contributed by atoms with van der Waals surface area (Å²) < 4.78 is 0. The maximum absolute atomic E-state index is 5.60. The lowest BCUT2D eigenvalue weighted by Crippen LogP contribution is -2.19. The highest BCUT2D eigenvalue weighted by atomic mass is 15.2. The molecule has 0 radical (unpaired) electrons.